The summed E-state index contributed by atoms with van der Waals surface area (Å²) in [5.74, 6) is 0.443. The number of aryl methyl sites for hydroxylation is 2. The van der Waals surface area contributed by atoms with Crippen molar-refractivity contribution in [3.8, 4) is 6.07 Å². The van der Waals surface area contributed by atoms with E-state index < -0.39 is 5.92 Å². The Kier molecular flexibility index (Phi) is 4.63. The molecule has 122 valence electrons. The second-order valence-electron chi connectivity index (χ2n) is 5.68. The molecule has 1 saturated heterocycles. The molecule has 1 amide bonds. The van der Waals surface area contributed by atoms with Gasteiger partial charge in [-0.15, -0.1) is 0 Å². The number of carbonyl (C=O) groups excluding carboxylic acids is 1. The van der Waals surface area contributed by atoms with E-state index >= 15 is 0 Å². The van der Waals surface area contributed by atoms with Crippen molar-refractivity contribution >= 4 is 28.8 Å². The molecule has 0 aliphatic carbocycles. The molecular formula is C18H17N3O2S. The number of hydrogen-bond donors (Lipinski definition) is 1. The molecule has 3 rings (SSSR count). The molecule has 1 N–H and O–H groups in total. The lowest BCUT2D eigenvalue weighted by atomic mass is 10.0. The summed E-state index contributed by atoms with van der Waals surface area (Å²) < 4.78 is 5.60. The van der Waals surface area contributed by atoms with E-state index in [9.17, 15) is 10.1 Å². The van der Waals surface area contributed by atoms with Crippen LogP contribution in [-0.4, -0.2) is 17.1 Å². The largest absolute Gasteiger partial charge is 0.466 e. The first-order valence-electron chi connectivity index (χ1n) is 7.73. The minimum absolute atomic E-state index is 0.303. The van der Waals surface area contributed by atoms with Gasteiger partial charge in [-0.1, -0.05) is 30.4 Å². The van der Waals surface area contributed by atoms with E-state index in [0.717, 1.165) is 17.2 Å². The van der Waals surface area contributed by atoms with Crippen LogP contribution in [0.15, 0.2) is 46.9 Å². The van der Waals surface area contributed by atoms with Crippen LogP contribution < -0.4 is 10.2 Å². The molecule has 2 atom stereocenters. The highest BCUT2D eigenvalue weighted by atomic mass is 32.1. The number of para-hydroxylation sites is 1. The van der Waals surface area contributed by atoms with Gasteiger partial charge in [0.1, 0.15) is 22.7 Å². The Hall–Kier alpha value is -2.65. The molecule has 0 radical (unpaired) electrons. The summed E-state index contributed by atoms with van der Waals surface area (Å²) in [6.07, 6.45) is 0.996. The zero-order chi connectivity index (χ0) is 17.1. The highest BCUT2D eigenvalue weighted by molar-refractivity contribution is 7.80. The number of nitrogens with zero attached hydrogens (tertiary/aromatic N) is 2. The van der Waals surface area contributed by atoms with Crippen LogP contribution in [0.5, 0.6) is 0 Å². The molecule has 1 aliphatic heterocycles. The predicted octanol–water partition coefficient (Wildman–Crippen LogP) is 2.95. The fourth-order valence-corrected chi connectivity index (χ4v) is 3.22. The smallest absolute Gasteiger partial charge is 0.245 e. The maximum atomic E-state index is 12.2. The molecule has 1 aromatic carbocycles. The van der Waals surface area contributed by atoms with Crippen molar-refractivity contribution in [3.63, 3.8) is 0 Å². The van der Waals surface area contributed by atoms with Crippen LogP contribution in [0.4, 0.5) is 5.69 Å². The Labute approximate surface area is 145 Å². The number of rotatable bonds is 4. The lowest BCUT2D eigenvalue weighted by Gasteiger charge is -2.39. The van der Waals surface area contributed by atoms with Gasteiger partial charge >= 0.3 is 0 Å². The van der Waals surface area contributed by atoms with Crippen LogP contribution in [0.25, 0.3) is 0 Å². The third-order valence-electron chi connectivity index (χ3n) is 3.99. The number of furan rings is 1. The van der Waals surface area contributed by atoms with E-state index in [0.29, 0.717) is 17.8 Å². The first kappa shape index (κ1) is 16.2. The van der Waals surface area contributed by atoms with E-state index in [1.54, 1.807) is 0 Å². The Bertz CT molecular complexity index is 794. The molecule has 2 heterocycles. The molecule has 6 heteroatoms. The second kappa shape index (κ2) is 6.85. The highest BCUT2D eigenvalue weighted by Crippen LogP contribution is 2.25. The number of carbonyl (C=O) groups is 1. The average molecular weight is 339 g/mol. The normalized spacial score (nSPS) is 20.6. The van der Waals surface area contributed by atoms with Crippen molar-refractivity contribution in [1.82, 2.24) is 5.32 Å². The molecular weight excluding hydrogens is 322 g/mol. The summed E-state index contributed by atoms with van der Waals surface area (Å²) >= 11 is 5.44. The molecule has 0 spiro atoms. The van der Waals surface area contributed by atoms with Crippen molar-refractivity contribution < 1.29 is 9.21 Å². The monoisotopic (exact) mass is 339 g/mol. The highest BCUT2D eigenvalue weighted by Gasteiger charge is 2.38. The van der Waals surface area contributed by atoms with Crippen molar-refractivity contribution in [2.24, 2.45) is 5.92 Å². The Morgan fingerprint density at radius 1 is 1.29 bits per heavy atom. The lowest BCUT2D eigenvalue weighted by molar-refractivity contribution is -0.123. The first-order valence-corrected chi connectivity index (χ1v) is 8.14. The van der Waals surface area contributed by atoms with Crippen molar-refractivity contribution in [1.29, 1.82) is 5.26 Å². The van der Waals surface area contributed by atoms with Gasteiger partial charge in [0.2, 0.25) is 5.91 Å². The van der Waals surface area contributed by atoms with Gasteiger partial charge in [0.15, 0.2) is 5.92 Å². The standard InChI is InChI=1S/C18H17N3O2S/c1-12-7-8-14(23-12)9-10-16-20-17(22)15(11-19)18(24)21(16)13-5-3-2-4-6-13/h2-8,15-16H,9-10H2,1H3,(H,20,22). The third-order valence-corrected chi connectivity index (χ3v) is 4.42. The van der Waals surface area contributed by atoms with E-state index in [1.807, 2.05) is 60.4 Å². The van der Waals surface area contributed by atoms with E-state index in [4.69, 9.17) is 16.6 Å². The van der Waals surface area contributed by atoms with Gasteiger partial charge in [-0.3, -0.25) is 4.79 Å². The number of thiocarbonyl (C=S) groups is 1. The number of nitrogens with one attached hydrogen (secondary N) is 1. The van der Waals surface area contributed by atoms with Crippen LogP contribution >= 0.6 is 12.2 Å². The zero-order valence-electron chi connectivity index (χ0n) is 13.2. The molecule has 2 unspecified atom stereocenters. The fourth-order valence-electron chi connectivity index (χ4n) is 2.83. The average Bonchev–Trinajstić information content (AvgIpc) is 2.99. The molecule has 0 bridgehead atoms. The third kappa shape index (κ3) is 3.17. The Morgan fingerprint density at radius 3 is 2.67 bits per heavy atom. The van der Waals surface area contributed by atoms with Gasteiger partial charge in [0, 0.05) is 12.1 Å². The summed E-state index contributed by atoms with van der Waals surface area (Å²) in [6, 6.07) is 15.4. The van der Waals surface area contributed by atoms with Crippen LogP contribution in [0.1, 0.15) is 17.9 Å². The van der Waals surface area contributed by atoms with E-state index in [1.165, 1.54) is 0 Å². The van der Waals surface area contributed by atoms with Crippen LogP contribution in [0.2, 0.25) is 0 Å². The maximum absolute atomic E-state index is 12.2. The zero-order valence-corrected chi connectivity index (χ0v) is 14.0. The van der Waals surface area contributed by atoms with Gasteiger partial charge < -0.3 is 14.6 Å². The summed E-state index contributed by atoms with van der Waals surface area (Å²) in [4.78, 5) is 14.4. The van der Waals surface area contributed by atoms with Crippen molar-refractivity contribution in [3.05, 3.63) is 54.0 Å². The molecule has 1 aliphatic rings. The number of amides is 1. The molecule has 24 heavy (non-hydrogen) atoms. The fraction of sp³-hybridized carbons (Fsp3) is 0.278. The lowest BCUT2D eigenvalue weighted by Crippen LogP contribution is -2.60. The molecule has 0 saturated carbocycles. The maximum Gasteiger partial charge on any atom is 0.245 e. The molecule has 2 aromatic rings. The Balaban J connectivity index is 1.85. The van der Waals surface area contributed by atoms with E-state index in [2.05, 4.69) is 5.32 Å². The molecule has 1 fully saturated rings. The van der Waals surface area contributed by atoms with Gasteiger partial charge in [-0.2, -0.15) is 5.26 Å². The summed E-state index contributed by atoms with van der Waals surface area (Å²) in [7, 11) is 0. The van der Waals surface area contributed by atoms with Gasteiger partial charge in [-0.25, -0.2) is 0 Å². The summed E-state index contributed by atoms with van der Waals surface area (Å²) in [6.45, 7) is 1.90. The number of benzene rings is 1. The predicted molar refractivity (Wildman–Crippen MR) is 94.3 cm³/mol. The SMILES string of the molecule is Cc1ccc(CCC2NC(=O)C(C#N)C(=S)N2c2ccccc2)o1. The minimum atomic E-state index is -0.942. The quantitative estimate of drug-likeness (QED) is 0.867. The van der Waals surface area contributed by atoms with Crippen LogP contribution in [0, 0.1) is 24.2 Å². The first-order chi connectivity index (χ1) is 11.6. The van der Waals surface area contributed by atoms with Crippen molar-refractivity contribution in [2.75, 3.05) is 4.90 Å². The molecule has 1 aromatic heterocycles. The van der Waals surface area contributed by atoms with E-state index in [-0.39, 0.29) is 12.1 Å². The topological polar surface area (TPSA) is 69.3 Å². The van der Waals surface area contributed by atoms with Crippen molar-refractivity contribution in [2.45, 2.75) is 25.9 Å². The molecule has 5 nitrogen and oxygen atoms in total. The summed E-state index contributed by atoms with van der Waals surface area (Å²) in [5.41, 5.74) is 0.864. The van der Waals surface area contributed by atoms with Gasteiger partial charge in [-0.05, 0) is 37.6 Å². The second-order valence-corrected chi connectivity index (χ2v) is 6.10. The number of nitriles is 1. The van der Waals surface area contributed by atoms with Gasteiger partial charge in [0.05, 0.1) is 6.07 Å². The number of anilines is 1. The van der Waals surface area contributed by atoms with Crippen LogP contribution in [0.3, 0.4) is 0 Å². The number of hydrogen-bond acceptors (Lipinski definition) is 4. The Morgan fingerprint density at radius 2 is 2.04 bits per heavy atom. The van der Waals surface area contributed by atoms with Gasteiger partial charge in [0.25, 0.3) is 0 Å². The summed E-state index contributed by atoms with van der Waals surface area (Å²) in [5, 5.41) is 12.2. The minimum Gasteiger partial charge on any atom is -0.466 e. The van der Waals surface area contributed by atoms with Crippen LogP contribution in [-0.2, 0) is 11.2 Å².